The van der Waals surface area contributed by atoms with Gasteiger partial charge >= 0.3 is 0 Å². The summed E-state index contributed by atoms with van der Waals surface area (Å²) in [5.74, 6) is 0. The molecule has 0 aromatic rings. The van der Waals surface area contributed by atoms with Crippen molar-refractivity contribution in [3.05, 3.63) is 24.8 Å². The molecule has 0 aromatic carbocycles. The second kappa shape index (κ2) is 19.5. The van der Waals surface area contributed by atoms with Gasteiger partial charge in [0.05, 0.1) is 6.10 Å². The SMILES string of the molecule is C=CC=CCCCCCCC(O)CCCCCCCCCCC. The molecule has 0 radical (unpaired) electrons. The van der Waals surface area contributed by atoms with Gasteiger partial charge in [-0.15, -0.1) is 0 Å². The van der Waals surface area contributed by atoms with Crippen molar-refractivity contribution >= 4 is 0 Å². The average molecular weight is 323 g/mol. The van der Waals surface area contributed by atoms with Gasteiger partial charge in [-0.05, 0) is 25.7 Å². The van der Waals surface area contributed by atoms with E-state index in [9.17, 15) is 5.11 Å². The summed E-state index contributed by atoms with van der Waals surface area (Å²) in [4.78, 5) is 0. The Hall–Kier alpha value is -0.560. The molecule has 136 valence electrons. The molecule has 0 saturated carbocycles. The molecular weight excluding hydrogens is 280 g/mol. The summed E-state index contributed by atoms with van der Waals surface area (Å²) < 4.78 is 0. The summed E-state index contributed by atoms with van der Waals surface area (Å²) >= 11 is 0. The fourth-order valence-electron chi connectivity index (χ4n) is 3.02. The molecule has 0 aliphatic rings. The van der Waals surface area contributed by atoms with Gasteiger partial charge in [0.2, 0.25) is 0 Å². The topological polar surface area (TPSA) is 20.2 Å². The lowest BCUT2D eigenvalue weighted by Crippen LogP contribution is -2.05. The zero-order valence-corrected chi connectivity index (χ0v) is 15.8. The van der Waals surface area contributed by atoms with Crippen molar-refractivity contribution in [3.8, 4) is 0 Å². The van der Waals surface area contributed by atoms with Crippen LogP contribution in [0.3, 0.4) is 0 Å². The molecule has 0 aliphatic heterocycles. The molecule has 0 saturated heterocycles. The van der Waals surface area contributed by atoms with Crippen LogP contribution in [-0.4, -0.2) is 11.2 Å². The number of aliphatic hydroxyl groups excluding tert-OH is 1. The monoisotopic (exact) mass is 322 g/mol. The highest BCUT2D eigenvalue weighted by Crippen LogP contribution is 2.14. The van der Waals surface area contributed by atoms with Gasteiger partial charge in [0.1, 0.15) is 0 Å². The number of allylic oxidation sites excluding steroid dienone is 3. The van der Waals surface area contributed by atoms with E-state index in [4.69, 9.17) is 0 Å². The first kappa shape index (κ1) is 22.4. The molecule has 0 spiro atoms. The maximum absolute atomic E-state index is 10.00. The Balaban J connectivity index is 3.17. The van der Waals surface area contributed by atoms with Gasteiger partial charge in [-0.25, -0.2) is 0 Å². The Kier molecular flexibility index (Phi) is 19.0. The molecular formula is C22H42O. The van der Waals surface area contributed by atoms with E-state index in [1.807, 2.05) is 12.2 Å². The number of rotatable bonds is 18. The minimum atomic E-state index is -0.0554. The molecule has 1 N–H and O–H groups in total. The van der Waals surface area contributed by atoms with Crippen molar-refractivity contribution in [2.45, 2.75) is 116 Å². The molecule has 1 heteroatoms. The summed E-state index contributed by atoms with van der Waals surface area (Å²) in [6, 6.07) is 0. The summed E-state index contributed by atoms with van der Waals surface area (Å²) in [7, 11) is 0. The highest BCUT2D eigenvalue weighted by atomic mass is 16.3. The van der Waals surface area contributed by atoms with Gasteiger partial charge in [0.25, 0.3) is 0 Å². The lowest BCUT2D eigenvalue weighted by atomic mass is 10.0. The van der Waals surface area contributed by atoms with Crippen LogP contribution in [0.25, 0.3) is 0 Å². The van der Waals surface area contributed by atoms with E-state index in [1.165, 1.54) is 83.5 Å². The van der Waals surface area contributed by atoms with Crippen molar-refractivity contribution in [2.75, 3.05) is 0 Å². The Morgan fingerprint density at radius 3 is 1.74 bits per heavy atom. The van der Waals surface area contributed by atoms with Crippen molar-refractivity contribution in [2.24, 2.45) is 0 Å². The molecule has 0 amide bonds. The Morgan fingerprint density at radius 2 is 1.22 bits per heavy atom. The van der Waals surface area contributed by atoms with Crippen molar-refractivity contribution < 1.29 is 5.11 Å². The quantitative estimate of drug-likeness (QED) is 0.206. The third-order valence-corrected chi connectivity index (χ3v) is 4.57. The number of hydrogen-bond donors (Lipinski definition) is 1. The summed E-state index contributed by atoms with van der Waals surface area (Å²) in [5, 5.41) is 10.00. The summed E-state index contributed by atoms with van der Waals surface area (Å²) in [6.07, 6.45) is 26.4. The van der Waals surface area contributed by atoms with Crippen LogP contribution in [0.2, 0.25) is 0 Å². The molecule has 0 bridgehead atoms. The number of aliphatic hydroxyl groups is 1. The van der Waals surface area contributed by atoms with Gasteiger partial charge in [0, 0.05) is 0 Å². The highest BCUT2D eigenvalue weighted by Gasteiger charge is 2.03. The molecule has 0 fully saturated rings. The van der Waals surface area contributed by atoms with Crippen molar-refractivity contribution in [1.29, 1.82) is 0 Å². The van der Waals surface area contributed by atoms with E-state index in [2.05, 4.69) is 19.6 Å². The Morgan fingerprint density at radius 1 is 0.739 bits per heavy atom. The van der Waals surface area contributed by atoms with Crippen LogP contribution in [0.5, 0.6) is 0 Å². The minimum Gasteiger partial charge on any atom is -0.393 e. The van der Waals surface area contributed by atoms with E-state index >= 15 is 0 Å². The van der Waals surface area contributed by atoms with Crippen LogP contribution >= 0.6 is 0 Å². The zero-order chi connectivity index (χ0) is 17.0. The smallest absolute Gasteiger partial charge is 0.0540 e. The molecule has 0 rings (SSSR count). The lowest BCUT2D eigenvalue weighted by Gasteiger charge is -2.10. The van der Waals surface area contributed by atoms with Crippen LogP contribution < -0.4 is 0 Å². The van der Waals surface area contributed by atoms with Crippen LogP contribution in [-0.2, 0) is 0 Å². The molecule has 1 nitrogen and oxygen atoms in total. The summed E-state index contributed by atoms with van der Waals surface area (Å²) in [6.45, 7) is 5.94. The van der Waals surface area contributed by atoms with Gasteiger partial charge in [-0.2, -0.15) is 0 Å². The number of hydrogen-bond acceptors (Lipinski definition) is 1. The molecule has 1 atom stereocenters. The fraction of sp³-hybridized carbons (Fsp3) is 0.818. The summed E-state index contributed by atoms with van der Waals surface area (Å²) in [5.41, 5.74) is 0. The molecule has 1 unspecified atom stereocenters. The fourth-order valence-corrected chi connectivity index (χ4v) is 3.02. The second-order valence-corrected chi connectivity index (χ2v) is 6.93. The van der Waals surface area contributed by atoms with Crippen LogP contribution in [0.4, 0.5) is 0 Å². The van der Waals surface area contributed by atoms with Crippen molar-refractivity contribution in [3.63, 3.8) is 0 Å². The predicted molar refractivity (Wildman–Crippen MR) is 105 cm³/mol. The van der Waals surface area contributed by atoms with Gasteiger partial charge in [0.15, 0.2) is 0 Å². The standard InChI is InChI=1S/C22H42O/c1-3-5-7-9-11-13-15-17-19-21-22(23)20-18-16-14-12-10-8-6-4-2/h4,6,8,22-23H,2-3,5,7,9-21H2,1H3. The average Bonchev–Trinajstić information content (AvgIpc) is 2.56. The Bertz CT molecular complexity index is 257. The van der Waals surface area contributed by atoms with Crippen LogP contribution in [0, 0.1) is 0 Å². The zero-order valence-electron chi connectivity index (χ0n) is 15.8. The second-order valence-electron chi connectivity index (χ2n) is 6.93. The van der Waals surface area contributed by atoms with E-state index in [0.29, 0.717) is 0 Å². The lowest BCUT2D eigenvalue weighted by molar-refractivity contribution is 0.147. The first-order chi connectivity index (χ1) is 11.3. The van der Waals surface area contributed by atoms with E-state index in [1.54, 1.807) is 0 Å². The first-order valence-electron chi connectivity index (χ1n) is 10.3. The van der Waals surface area contributed by atoms with Gasteiger partial charge in [-0.3, -0.25) is 0 Å². The van der Waals surface area contributed by atoms with Crippen LogP contribution in [0.15, 0.2) is 24.8 Å². The maximum Gasteiger partial charge on any atom is 0.0540 e. The van der Waals surface area contributed by atoms with E-state index in [-0.39, 0.29) is 6.10 Å². The first-order valence-corrected chi connectivity index (χ1v) is 10.3. The van der Waals surface area contributed by atoms with E-state index in [0.717, 1.165) is 19.3 Å². The molecule has 0 aliphatic carbocycles. The van der Waals surface area contributed by atoms with Crippen LogP contribution in [0.1, 0.15) is 110 Å². The third-order valence-electron chi connectivity index (χ3n) is 4.57. The third kappa shape index (κ3) is 19.4. The normalized spacial score (nSPS) is 12.8. The molecule has 0 heterocycles. The predicted octanol–water partition coefficient (Wildman–Crippen LogP) is 7.35. The van der Waals surface area contributed by atoms with E-state index < -0.39 is 0 Å². The largest absolute Gasteiger partial charge is 0.393 e. The molecule has 23 heavy (non-hydrogen) atoms. The molecule has 0 aromatic heterocycles. The highest BCUT2D eigenvalue weighted by molar-refractivity contribution is 4.96. The van der Waals surface area contributed by atoms with Gasteiger partial charge in [-0.1, -0.05) is 109 Å². The maximum atomic E-state index is 10.00. The Labute approximate surface area is 146 Å². The van der Waals surface area contributed by atoms with Crippen molar-refractivity contribution in [1.82, 2.24) is 0 Å². The minimum absolute atomic E-state index is 0.0554. The van der Waals surface area contributed by atoms with Gasteiger partial charge < -0.3 is 5.11 Å². The number of unbranched alkanes of at least 4 members (excludes halogenated alkanes) is 12.